The number of benzene rings is 2. The minimum absolute atomic E-state index is 0.0711. The molecule has 0 bridgehead atoms. The van der Waals surface area contributed by atoms with Crippen LogP contribution in [0.25, 0.3) is 0 Å². The maximum atomic E-state index is 13.2. The smallest absolute Gasteiger partial charge is 0.296 e. The third-order valence-corrected chi connectivity index (χ3v) is 4.71. The number of thiophene rings is 1. The molecule has 1 amide bonds. The molecule has 0 saturated heterocycles. The molecule has 2 aromatic carbocycles. The van der Waals surface area contributed by atoms with Crippen LogP contribution < -0.4 is 14.8 Å². The quantitative estimate of drug-likeness (QED) is 0.459. The molecule has 0 atom stereocenters. The molecule has 0 fully saturated rings. The third kappa shape index (κ3) is 4.63. The van der Waals surface area contributed by atoms with Crippen LogP contribution in [0.15, 0.2) is 53.9 Å². The van der Waals surface area contributed by atoms with E-state index in [1.807, 2.05) is 0 Å². The van der Waals surface area contributed by atoms with Crippen molar-refractivity contribution in [2.75, 3.05) is 12.4 Å². The highest BCUT2D eigenvalue weighted by Crippen LogP contribution is 2.30. The van der Waals surface area contributed by atoms with Gasteiger partial charge in [-0.25, -0.2) is 4.39 Å². The van der Waals surface area contributed by atoms with E-state index in [1.165, 1.54) is 48.8 Å². The van der Waals surface area contributed by atoms with Crippen LogP contribution in [0, 0.1) is 15.9 Å². The fourth-order valence-corrected chi connectivity index (χ4v) is 3.16. The van der Waals surface area contributed by atoms with Crippen molar-refractivity contribution in [3.63, 3.8) is 0 Å². The van der Waals surface area contributed by atoms with E-state index in [9.17, 15) is 19.3 Å². The Morgan fingerprint density at radius 1 is 1.21 bits per heavy atom. The molecule has 3 rings (SSSR count). The molecule has 0 aliphatic rings. The van der Waals surface area contributed by atoms with Gasteiger partial charge in [0.1, 0.15) is 29.6 Å². The van der Waals surface area contributed by atoms with Gasteiger partial charge in [-0.2, -0.15) is 0 Å². The number of nitro groups is 1. The molecule has 0 spiro atoms. The predicted molar refractivity (Wildman–Crippen MR) is 103 cm³/mol. The maximum Gasteiger partial charge on any atom is 0.296 e. The van der Waals surface area contributed by atoms with Gasteiger partial charge >= 0.3 is 0 Å². The van der Waals surface area contributed by atoms with E-state index in [4.69, 9.17) is 9.47 Å². The molecule has 9 heteroatoms. The Labute approximate surface area is 163 Å². The Balaban J connectivity index is 1.68. The summed E-state index contributed by atoms with van der Waals surface area (Å²) in [6, 6.07) is 11.6. The summed E-state index contributed by atoms with van der Waals surface area (Å²) in [6.45, 7) is 0.163. The standard InChI is InChI=1S/C19H15FN2O5S/c1-26-14-5-6-16(17(9-14)22(24)25)21-19(23)18-7-12(11-28-18)10-27-15-4-2-3-13(20)8-15/h2-9,11H,10H2,1H3,(H,21,23). The maximum absolute atomic E-state index is 13.2. The van der Waals surface area contributed by atoms with Crippen LogP contribution in [0.3, 0.4) is 0 Å². The number of anilines is 1. The van der Waals surface area contributed by atoms with Crippen LogP contribution in [0.2, 0.25) is 0 Å². The Morgan fingerprint density at radius 3 is 2.75 bits per heavy atom. The fraction of sp³-hybridized carbons (Fsp3) is 0.105. The lowest BCUT2D eigenvalue weighted by Gasteiger charge is -2.06. The van der Waals surface area contributed by atoms with Crippen LogP contribution in [0.1, 0.15) is 15.2 Å². The minimum atomic E-state index is -0.592. The highest BCUT2D eigenvalue weighted by atomic mass is 32.1. The van der Waals surface area contributed by atoms with Crippen molar-refractivity contribution < 1.29 is 23.6 Å². The van der Waals surface area contributed by atoms with Crippen molar-refractivity contribution in [1.29, 1.82) is 0 Å². The first-order chi connectivity index (χ1) is 13.5. The Morgan fingerprint density at radius 2 is 2.04 bits per heavy atom. The molecule has 0 saturated carbocycles. The number of rotatable bonds is 7. The number of nitrogens with zero attached hydrogens (tertiary/aromatic N) is 1. The lowest BCUT2D eigenvalue weighted by atomic mass is 10.2. The summed E-state index contributed by atoms with van der Waals surface area (Å²) in [7, 11) is 1.40. The first kappa shape index (κ1) is 19.3. The van der Waals surface area contributed by atoms with E-state index in [0.717, 1.165) is 5.56 Å². The van der Waals surface area contributed by atoms with Crippen molar-refractivity contribution in [2.45, 2.75) is 6.61 Å². The van der Waals surface area contributed by atoms with Gasteiger partial charge in [0, 0.05) is 11.6 Å². The van der Waals surface area contributed by atoms with Gasteiger partial charge in [-0.3, -0.25) is 14.9 Å². The van der Waals surface area contributed by atoms with E-state index >= 15 is 0 Å². The highest BCUT2D eigenvalue weighted by molar-refractivity contribution is 7.12. The van der Waals surface area contributed by atoms with Crippen LogP contribution in [0.4, 0.5) is 15.8 Å². The zero-order valence-corrected chi connectivity index (χ0v) is 15.5. The average Bonchev–Trinajstić information content (AvgIpc) is 3.16. The van der Waals surface area contributed by atoms with E-state index < -0.39 is 16.6 Å². The lowest BCUT2D eigenvalue weighted by molar-refractivity contribution is -0.384. The fourth-order valence-electron chi connectivity index (χ4n) is 2.37. The number of methoxy groups -OCH3 is 1. The van der Waals surface area contributed by atoms with E-state index in [-0.39, 0.29) is 18.0 Å². The first-order valence-corrected chi connectivity index (χ1v) is 8.94. The summed E-state index contributed by atoms with van der Waals surface area (Å²) in [5.41, 5.74) is 0.532. The number of ether oxygens (including phenoxy) is 2. The number of carbonyl (C=O) groups excluding carboxylic acids is 1. The number of hydrogen-bond acceptors (Lipinski definition) is 6. The summed E-state index contributed by atoms with van der Waals surface area (Å²) >= 11 is 1.18. The van der Waals surface area contributed by atoms with E-state index in [1.54, 1.807) is 23.6 Å². The second-order valence-corrected chi connectivity index (χ2v) is 6.57. The Hall–Kier alpha value is -3.46. The molecule has 0 aliphatic carbocycles. The molecule has 0 radical (unpaired) electrons. The van der Waals surface area contributed by atoms with Gasteiger partial charge in [0.05, 0.1) is 23.0 Å². The lowest BCUT2D eigenvalue weighted by Crippen LogP contribution is -2.11. The van der Waals surface area contributed by atoms with E-state index in [2.05, 4.69) is 5.32 Å². The van der Waals surface area contributed by atoms with E-state index in [0.29, 0.717) is 16.4 Å². The van der Waals surface area contributed by atoms with Gasteiger partial charge in [-0.15, -0.1) is 11.3 Å². The highest BCUT2D eigenvalue weighted by Gasteiger charge is 2.19. The number of halogens is 1. The topological polar surface area (TPSA) is 90.7 Å². The second kappa shape index (κ2) is 8.49. The molecule has 3 aromatic rings. The average molecular weight is 402 g/mol. The zero-order chi connectivity index (χ0) is 20.1. The minimum Gasteiger partial charge on any atom is -0.496 e. The molecule has 0 aliphatic heterocycles. The van der Waals surface area contributed by atoms with Crippen LogP contribution in [0.5, 0.6) is 11.5 Å². The van der Waals surface area contributed by atoms with Crippen LogP contribution in [-0.2, 0) is 6.61 Å². The summed E-state index contributed by atoms with van der Waals surface area (Å²) < 4.78 is 23.6. The SMILES string of the molecule is COc1ccc(NC(=O)c2cc(COc3cccc(F)c3)cs2)c([N+](=O)[O-])c1. The largest absolute Gasteiger partial charge is 0.496 e. The van der Waals surface area contributed by atoms with Crippen molar-refractivity contribution in [1.82, 2.24) is 0 Å². The van der Waals surface area contributed by atoms with Crippen molar-refractivity contribution >= 4 is 28.6 Å². The third-order valence-electron chi connectivity index (χ3n) is 3.73. The molecule has 144 valence electrons. The Bertz CT molecular complexity index is 1020. The monoisotopic (exact) mass is 402 g/mol. The first-order valence-electron chi connectivity index (χ1n) is 8.06. The molecule has 1 heterocycles. The van der Waals surface area contributed by atoms with Crippen LogP contribution >= 0.6 is 11.3 Å². The molecule has 0 unspecified atom stereocenters. The predicted octanol–water partition coefficient (Wildman–Crippen LogP) is 4.64. The van der Waals surface area contributed by atoms with Gasteiger partial charge in [0.25, 0.3) is 11.6 Å². The number of carbonyl (C=O) groups is 1. The number of hydrogen-bond donors (Lipinski definition) is 1. The molecule has 1 aromatic heterocycles. The zero-order valence-electron chi connectivity index (χ0n) is 14.7. The summed E-state index contributed by atoms with van der Waals surface area (Å²) in [6.07, 6.45) is 0. The Kier molecular flexibility index (Phi) is 5.85. The molecule has 1 N–H and O–H groups in total. The molecular formula is C19H15FN2O5S. The van der Waals surface area contributed by atoms with Gasteiger partial charge < -0.3 is 14.8 Å². The molecule has 7 nitrogen and oxygen atoms in total. The van der Waals surface area contributed by atoms with Gasteiger partial charge in [0.15, 0.2) is 0 Å². The number of nitro benzene ring substituents is 1. The number of nitrogens with one attached hydrogen (secondary N) is 1. The second-order valence-electron chi connectivity index (χ2n) is 5.66. The van der Waals surface area contributed by atoms with Crippen molar-refractivity contribution in [3.05, 3.63) is 80.3 Å². The summed E-state index contributed by atoms with van der Waals surface area (Å²) in [4.78, 5) is 23.4. The number of amides is 1. The van der Waals surface area contributed by atoms with Crippen molar-refractivity contribution in [2.24, 2.45) is 0 Å². The summed E-state index contributed by atoms with van der Waals surface area (Å²) in [5, 5.41) is 15.5. The molecule has 28 heavy (non-hydrogen) atoms. The molecular weight excluding hydrogens is 387 g/mol. The van der Waals surface area contributed by atoms with Crippen molar-refractivity contribution in [3.8, 4) is 11.5 Å². The normalized spacial score (nSPS) is 10.4. The van der Waals surface area contributed by atoms with Gasteiger partial charge in [0.2, 0.25) is 0 Å². The van der Waals surface area contributed by atoms with Gasteiger partial charge in [-0.1, -0.05) is 6.07 Å². The van der Waals surface area contributed by atoms with Crippen LogP contribution in [-0.4, -0.2) is 17.9 Å². The van der Waals surface area contributed by atoms with Gasteiger partial charge in [-0.05, 0) is 35.7 Å². The summed E-state index contributed by atoms with van der Waals surface area (Å²) in [5.74, 6) is -0.178.